The van der Waals surface area contributed by atoms with Crippen LogP contribution < -0.4 is 10.6 Å². The van der Waals surface area contributed by atoms with Crippen LogP contribution >= 0.6 is 0 Å². The fourth-order valence-electron chi connectivity index (χ4n) is 2.71. The molecule has 0 radical (unpaired) electrons. The lowest BCUT2D eigenvalue weighted by atomic mass is 9.96. The van der Waals surface area contributed by atoms with Crippen LogP contribution in [0.2, 0.25) is 0 Å². The molecule has 4 heteroatoms. The molecule has 4 nitrogen and oxygen atoms in total. The van der Waals surface area contributed by atoms with Crippen LogP contribution in [0.4, 0.5) is 0 Å². The lowest BCUT2D eigenvalue weighted by Gasteiger charge is -2.11. The minimum Gasteiger partial charge on any atom is -0.314 e. The Balaban J connectivity index is 1.35. The molecule has 1 aromatic rings. The normalized spacial score (nSPS) is 18.9. The molecule has 1 aromatic heterocycles. The summed E-state index contributed by atoms with van der Waals surface area (Å²) in [5.41, 5.74) is 4.12. The molecule has 0 spiro atoms. The maximum absolute atomic E-state index is 4.45. The van der Waals surface area contributed by atoms with Gasteiger partial charge in [-0.1, -0.05) is 0 Å². The number of nitrogens with zero attached hydrogens (tertiary/aromatic N) is 1. The number of rotatable bonds is 7. The number of nitrogens with one attached hydrogen (secondary N) is 3. The van der Waals surface area contributed by atoms with Gasteiger partial charge in [-0.2, -0.15) is 5.10 Å². The van der Waals surface area contributed by atoms with Gasteiger partial charge in [-0.05, 0) is 63.6 Å². The van der Waals surface area contributed by atoms with Crippen molar-refractivity contribution in [2.24, 2.45) is 0 Å². The first-order valence-electron chi connectivity index (χ1n) is 7.42. The van der Waals surface area contributed by atoms with Crippen molar-refractivity contribution in [2.45, 2.75) is 57.5 Å². The molecule has 18 heavy (non-hydrogen) atoms. The largest absolute Gasteiger partial charge is 0.314 e. The quantitative estimate of drug-likeness (QED) is 0.641. The zero-order valence-electron chi connectivity index (χ0n) is 11.1. The third-order valence-electron chi connectivity index (χ3n) is 3.98. The Hall–Kier alpha value is -0.870. The van der Waals surface area contributed by atoms with E-state index in [0.717, 1.165) is 25.7 Å². The topological polar surface area (TPSA) is 52.7 Å². The summed E-state index contributed by atoms with van der Waals surface area (Å²) in [4.78, 5) is 0. The van der Waals surface area contributed by atoms with Crippen LogP contribution in [0.1, 0.15) is 49.1 Å². The Bertz CT molecular complexity index is 381. The van der Waals surface area contributed by atoms with Gasteiger partial charge in [-0.25, -0.2) is 0 Å². The van der Waals surface area contributed by atoms with Crippen LogP contribution in [-0.4, -0.2) is 29.3 Å². The molecular formula is C14H24N4. The minimum atomic E-state index is 0.836. The third-order valence-corrected chi connectivity index (χ3v) is 3.98. The van der Waals surface area contributed by atoms with Gasteiger partial charge in [0, 0.05) is 18.3 Å². The van der Waals surface area contributed by atoms with Gasteiger partial charge in [0.2, 0.25) is 0 Å². The number of H-pyrrole nitrogens is 1. The molecule has 1 heterocycles. The third kappa shape index (κ3) is 3.12. The lowest BCUT2D eigenvalue weighted by molar-refractivity contribution is 0.586. The fraction of sp³-hybridized carbons (Fsp3) is 0.786. The summed E-state index contributed by atoms with van der Waals surface area (Å²) in [6.07, 6.45) is 9.02. The van der Waals surface area contributed by atoms with Gasteiger partial charge >= 0.3 is 0 Å². The van der Waals surface area contributed by atoms with E-state index in [9.17, 15) is 0 Å². The van der Waals surface area contributed by atoms with Gasteiger partial charge in [0.25, 0.3) is 0 Å². The second-order valence-electron chi connectivity index (χ2n) is 5.59. The number of aromatic amines is 1. The zero-order chi connectivity index (χ0) is 12.2. The SMILES string of the molecule is C(CNCc1n[nH]c2c1CCCC2)CNC1CC1. The minimum absolute atomic E-state index is 0.836. The summed E-state index contributed by atoms with van der Waals surface area (Å²) in [6.45, 7) is 3.16. The van der Waals surface area contributed by atoms with Crippen LogP contribution in [0.25, 0.3) is 0 Å². The summed E-state index contributed by atoms with van der Waals surface area (Å²) in [5.74, 6) is 0. The summed E-state index contributed by atoms with van der Waals surface area (Å²) in [7, 11) is 0. The molecule has 0 bridgehead atoms. The average Bonchev–Trinajstić information content (AvgIpc) is 3.14. The molecule has 0 atom stereocenters. The highest BCUT2D eigenvalue weighted by molar-refractivity contribution is 5.27. The van der Waals surface area contributed by atoms with Crippen molar-refractivity contribution in [3.8, 4) is 0 Å². The van der Waals surface area contributed by atoms with E-state index >= 15 is 0 Å². The van der Waals surface area contributed by atoms with Gasteiger partial charge in [0.05, 0.1) is 5.69 Å². The standard InChI is InChI=1S/C14H24N4/c1-2-5-13-12(4-1)14(18-17-13)10-15-8-3-9-16-11-6-7-11/h11,15-16H,1-10H2,(H,17,18). The molecule has 2 aliphatic carbocycles. The van der Waals surface area contributed by atoms with E-state index < -0.39 is 0 Å². The number of hydrogen-bond donors (Lipinski definition) is 3. The van der Waals surface area contributed by atoms with Crippen LogP contribution in [0.15, 0.2) is 0 Å². The van der Waals surface area contributed by atoms with E-state index in [1.54, 1.807) is 0 Å². The second kappa shape index (κ2) is 5.85. The predicted molar refractivity (Wildman–Crippen MR) is 72.6 cm³/mol. The van der Waals surface area contributed by atoms with E-state index in [2.05, 4.69) is 20.8 Å². The molecule has 1 fully saturated rings. The Labute approximate surface area is 109 Å². The Morgan fingerprint density at radius 3 is 2.94 bits per heavy atom. The number of aromatic nitrogens is 2. The van der Waals surface area contributed by atoms with Crippen LogP contribution in [-0.2, 0) is 19.4 Å². The maximum atomic E-state index is 4.45. The first kappa shape index (κ1) is 12.2. The van der Waals surface area contributed by atoms with Gasteiger partial charge in [0.1, 0.15) is 0 Å². The van der Waals surface area contributed by atoms with E-state index in [-0.39, 0.29) is 0 Å². The fourth-order valence-corrected chi connectivity index (χ4v) is 2.71. The number of hydrogen-bond acceptors (Lipinski definition) is 3. The Morgan fingerprint density at radius 2 is 2.06 bits per heavy atom. The Morgan fingerprint density at radius 1 is 1.17 bits per heavy atom. The number of fused-ring (bicyclic) bond motifs is 1. The predicted octanol–water partition coefficient (Wildman–Crippen LogP) is 1.52. The summed E-state index contributed by atoms with van der Waals surface area (Å²) in [5, 5.41) is 14.7. The Kier molecular flexibility index (Phi) is 3.96. The van der Waals surface area contributed by atoms with Crippen molar-refractivity contribution in [2.75, 3.05) is 13.1 Å². The van der Waals surface area contributed by atoms with Crippen molar-refractivity contribution in [1.82, 2.24) is 20.8 Å². The molecule has 0 aromatic carbocycles. The molecule has 1 saturated carbocycles. The summed E-state index contributed by atoms with van der Waals surface area (Å²) < 4.78 is 0. The summed E-state index contributed by atoms with van der Waals surface area (Å²) >= 11 is 0. The van der Waals surface area contributed by atoms with E-state index in [0.29, 0.717) is 0 Å². The van der Waals surface area contributed by atoms with Crippen molar-refractivity contribution < 1.29 is 0 Å². The molecule has 0 amide bonds. The highest BCUT2D eigenvalue weighted by atomic mass is 15.1. The van der Waals surface area contributed by atoms with Crippen molar-refractivity contribution in [3.05, 3.63) is 17.0 Å². The van der Waals surface area contributed by atoms with Crippen molar-refractivity contribution in [3.63, 3.8) is 0 Å². The molecular weight excluding hydrogens is 224 g/mol. The average molecular weight is 248 g/mol. The molecule has 0 aliphatic heterocycles. The van der Waals surface area contributed by atoms with Crippen LogP contribution in [0.3, 0.4) is 0 Å². The highest BCUT2D eigenvalue weighted by Gasteiger charge is 2.19. The number of aryl methyl sites for hydroxylation is 1. The monoisotopic (exact) mass is 248 g/mol. The lowest BCUT2D eigenvalue weighted by Crippen LogP contribution is -2.23. The first-order chi connectivity index (χ1) is 8.93. The zero-order valence-corrected chi connectivity index (χ0v) is 11.1. The van der Waals surface area contributed by atoms with Gasteiger partial charge < -0.3 is 10.6 Å². The summed E-state index contributed by atoms with van der Waals surface area (Å²) in [6, 6.07) is 0.836. The highest BCUT2D eigenvalue weighted by Crippen LogP contribution is 2.21. The molecule has 3 rings (SSSR count). The molecule has 100 valence electrons. The van der Waals surface area contributed by atoms with Crippen LogP contribution in [0, 0.1) is 0 Å². The van der Waals surface area contributed by atoms with E-state index in [1.165, 1.54) is 61.9 Å². The molecule has 2 aliphatic rings. The van der Waals surface area contributed by atoms with E-state index in [4.69, 9.17) is 0 Å². The maximum Gasteiger partial charge on any atom is 0.0794 e. The van der Waals surface area contributed by atoms with Crippen molar-refractivity contribution in [1.29, 1.82) is 0 Å². The van der Waals surface area contributed by atoms with E-state index in [1.807, 2.05) is 0 Å². The van der Waals surface area contributed by atoms with Crippen LogP contribution in [0.5, 0.6) is 0 Å². The molecule has 3 N–H and O–H groups in total. The second-order valence-corrected chi connectivity index (χ2v) is 5.59. The molecule has 0 saturated heterocycles. The van der Waals surface area contributed by atoms with Gasteiger partial charge in [0.15, 0.2) is 0 Å². The van der Waals surface area contributed by atoms with Crippen molar-refractivity contribution >= 4 is 0 Å². The van der Waals surface area contributed by atoms with Gasteiger partial charge in [-0.3, -0.25) is 5.10 Å². The smallest absolute Gasteiger partial charge is 0.0794 e. The van der Waals surface area contributed by atoms with Gasteiger partial charge in [-0.15, -0.1) is 0 Å². The molecule has 0 unspecified atom stereocenters. The first-order valence-corrected chi connectivity index (χ1v) is 7.42.